The zero-order valence-corrected chi connectivity index (χ0v) is 63.8. The fourth-order valence-corrected chi connectivity index (χ4v) is 17.2. The van der Waals surface area contributed by atoms with Crippen LogP contribution in [-0.2, 0) is 18.3 Å². The van der Waals surface area contributed by atoms with Gasteiger partial charge in [-0.05, 0) is 272 Å². The predicted molar refractivity (Wildman–Crippen MR) is 474 cm³/mol. The second kappa shape index (κ2) is 32.6. The van der Waals surface area contributed by atoms with E-state index in [2.05, 4.69) is 410 Å². The monoisotopic (exact) mass is 1430 g/mol. The number of fused-ring (bicyclic) bond motifs is 4. The Labute approximate surface area is 657 Å². The molecule has 0 atom stereocenters. The zero-order valence-electron chi connectivity index (χ0n) is 63.8. The van der Waals surface area contributed by atoms with Crippen LogP contribution in [0.1, 0.15) is 106 Å². The highest BCUT2D eigenvalue weighted by Crippen LogP contribution is 2.56. The Hall–Kier alpha value is -12.8. The second-order valence-corrected chi connectivity index (χ2v) is 30.0. The lowest BCUT2D eigenvalue weighted by Gasteiger charge is -2.34. The van der Waals surface area contributed by atoms with Crippen LogP contribution >= 0.6 is 0 Å². The Morgan fingerprint density at radius 3 is 0.946 bits per heavy atom. The second-order valence-electron chi connectivity index (χ2n) is 30.0. The minimum atomic E-state index is -0.0579. The molecule has 0 bridgehead atoms. The van der Waals surface area contributed by atoms with Gasteiger partial charge in [-0.15, -0.1) is 0 Å². The fourth-order valence-electron chi connectivity index (χ4n) is 17.2. The Morgan fingerprint density at radius 2 is 0.559 bits per heavy atom. The molecular formula is C107H94N4. The van der Waals surface area contributed by atoms with Gasteiger partial charge in [0.15, 0.2) is 0 Å². The third kappa shape index (κ3) is 14.9. The van der Waals surface area contributed by atoms with E-state index in [1.807, 2.05) is 6.08 Å². The molecule has 0 saturated carbocycles. The molecule has 0 heterocycles. The molecule has 0 radical (unpaired) electrons. The summed E-state index contributed by atoms with van der Waals surface area (Å²) >= 11 is 0. The van der Waals surface area contributed by atoms with Crippen molar-refractivity contribution in [1.29, 1.82) is 0 Å². The molecule has 15 aromatic rings. The first kappa shape index (κ1) is 71.2. The number of para-hydroxylation sites is 3. The Balaban J connectivity index is 0.697. The lowest BCUT2D eigenvalue weighted by Crippen LogP contribution is -2.26. The van der Waals surface area contributed by atoms with Gasteiger partial charge in [-0.3, -0.25) is 0 Å². The molecular weight excluding hydrogens is 1340 g/mol. The molecule has 2 aliphatic rings. The molecule has 0 unspecified atom stereocenters. The third-order valence-corrected chi connectivity index (χ3v) is 23.1. The number of rotatable bonds is 28. The molecule has 2 aliphatic carbocycles. The quantitative estimate of drug-likeness (QED) is 0.0453. The van der Waals surface area contributed by atoms with Crippen molar-refractivity contribution >= 4 is 74.3 Å². The first-order chi connectivity index (χ1) is 54.9. The summed E-state index contributed by atoms with van der Waals surface area (Å²) in [7, 11) is 0. The van der Waals surface area contributed by atoms with E-state index in [0.717, 1.165) is 127 Å². The average Bonchev–Trinajstić information content (AvgIpc) is 1.56. The van der Waals surface area contributed by atoms with E-state index in [0.29, 0.717) is 0 Å². The normalized spacial score (nSPS) is 12.3. The van der Waals surface area contributed by atoms with Gasteiger partial charge in [-0.25, -0.2) is 0 Å². The highest BCUT2D eigenvalue weighted by Gasteiger charge is 2.42. The van der Waals surface area contributed by atoms with Crippen LogP contribution in [0.5, 0.6) is 0 Å². The molecule has 111 heavy (non-hydrogen) atoms. The van der Waals surface area contributed by atoms with E-state index in [4.69, 9.17) is 0 Å². The van der Waals surface area contributed by atoms with E-state index in [1.165, 1.54) is 113 Å². The number of hydrogen-bond donors (Lipinski definition) is 0. The lowest BCUT2D eigenvalue weighted by molar-refractivity contribution is 0.401. The van der Waals surface area contributed by atoms with Gasteiger partial charge in [0.05, 0.1) is 0 Å². The van der Waals surface area contributed by atoms with Crippen LogP contribution in [0.25, 0.3) is 72.8 Å². The molecule has 0 N–H and O–H groups in total. The standard InChI is InChI=1S/C107H94N4/c1-4-7-9-22-71-107(72-23-10-8-5-2)105-40-21-20-39-103(105)104-70-69-102(77-106(104)107)111(98-65-53-83(54-66-98)79-45-57-94(58-46-79)108(91-31-14-11-15-32-91)92-33-16-12-17-34-92)99-67-55-84(56-68-99)82-51-63-97(64-52-82)110(101-38-26-30-88(76-101)90-44-42-85-41-43-89(85)74-90)96-61-49-81(50-62-96)80-47-59-95(60-48-80)109(93-35-18-13-19-36-93)100-37-25-29-87(75-100)86-28-24-27-78(6-3)73-86/h6,11-21,24-40,42,44-70,73-77H,3-5,7-10,22-23,41,43,71-72H2,1-2H3. The van der Waals surface area contributed by atoms with Gasteiger partial charge in [-0.1, -0.05) is 296 Å². The van der Waals surface area contributed by atoms with E-state index in [1.54, 1.807) is 0 Å². The first-order valence-corrected chi connectivity index (χ1v) is 40.1. The van der Waals surface area contributed by atoms with Crippen molar-refractivity contribution in [3.63, 3.8) is 0 Å². The topological polar surface area (TPSA) is 13.0 Å². The predicted octanol–water partition coefficient (Wildman–Crippen LogP) is 30.8. The van der Waals surface area contributed by atoms with Crippen LogP contribution in [0.2, 0.25) is 0 Å². The number of nitrogens with zero attached hydrogens (tertiary/aromatic N) is 4. The number of hydrogen-bond acceptors (Lipinski definition) is 4. The zero-order chi connectivity index (χ0) is 74.9. The van der Waals surface area contributed by atoms with E-state index < -0.39 is 0 Å². The third-order valence-electron chi connectivity index (χ3n) is 23.1. The summed E-state index contributed by atoms with van der Waals surface area (Å²) in [5, 5.41) is 0. The van der Waals surface area contributed by atoms with Crippen molar-refractivity contribution < 1.29 is 0 Å². The molecule has 0 fully saturated rings. The van der Waals surface area contributed by atoms with Crippen LogP contribution in [0.3, 0.4) is 0 Å². The first-order valence-electron chi connectivity index (χ1n) is 40.1. The number of unbranched alkanes of at least 4 members (excludes halogenated alkanes) is 6. The van der Waals surface area contributed by atoms with Gasteiger partial charge in [0.2, 0.25) is 0 Å². The van der Waals surface area contributed by atoms with Crippen molar-refractivity contribution in [2.75, 3.05) is 19.6 Å². The van der Waals surface area contributed by atoms with Crippen molar-refractivity contribution in [1.82, 2.24) is 0 Å². The maximum Gasteiger partial charge on any atom is 0.0467 e. The molecule has 4 heteroatoms. The van der Waals surface area contributed by atoms with E-state index in [9.17, 15) is 0 Å². The molecule has 17 rings (SSSR count). The van der Waals surface area contributed by atoms with Crippen LogP contribution in [0, 0.1) is 0 Å². The Kier molecular flexibility index (Phi) is 20.9. The van der Waals surface area contributed by atoms with Gasteiger partial charge in [0, 0.05) is 73.7 Å². The van der Waals surface area contributed by atoms with Gasteiger partial charge in [0.1, 0.15) is 0 Å². The minimum absolute atomic E-state index is 0.0579. The van der Waals surface area contributed by atoms with Gasteiger partial charge in [-0.2, -0.15) is 0 Å². The highest BCUT2D eigenvalue weighted by atomic mass is 15.2. The SMILES string of the molecule is C=Cc1cccc(-c2cccc(N(c3ccccc3)c3ccc(-c4ccc(N(c5ccc(-c6ccc(N(c7ccc(-c8ccc(N(c9ccccc9)c9ccccc9)cc8)cc7)c7ccc8c(c7)C(CCCCCC)(CCCCCC)c7ccccc7-8)cc6)cc5)c5cccc(-c6ccc7c(c6)CC7)c5)cc4)cc3)c2)c1. The van der Waals surface area contributed by atoms with Crippen molar-refractivity contribution in [3.8, 4) is 66.8 Å². The average molecular weight is 1440 g/mol. The molecule has 0 amide bonds. The summed E-state index contributed by atoms with van der Waals surface area (Å²) < 4.78 is 0. The molecule has 0 spiro atoms. The van der Waals surface area contributed by atoms with Crippen LogP contribution in [0.15, 0.2) is 377 Å². The Bertz CT molecular complexity index is 5620. The van der Waals surface area contributed by atoms with Crippen molar-refractivity contribution in [2.45, 2.75) is 96.3 Å². The molecule has 0 saturated heterocycles. The van der Waals surface area contributed by atoms with Crippen LogP contribution < -0.4 is 19.6 Å². The van der Waals surface area contributed by atoms with Crippen LogP contribution in [-0.4, -0.2) is 0 Å². The molecule has 542 valence electrons. The van der Waals surface area contributed by atoms with Crippen LogP contribution in [0.4, 0.5) is 68.2 Å². The molecule has 15 aromatic carbocycles. The summed E-state index contributed by atoms with van der Waals surface area (Å²) in [5.74, 6) is 0. The van der Waals surface area contributed by atoms with Crippen molar-refractivity contribution in [3.05, 3.63) is 404 Å². The summed E-state index contributed by atoms with van der Waals surface area (Å²) in [6, 6.07) is 137. The Morgan fingerprint density at radius 1 is 0.243 bits per heavy atom. The number of benzene rings is 15. The van der Waals surface area contributed by atoms with Gasteiger partial charge < -0.3 is 19.6 Å². The largest absolute Gasteiger partial charge is 0.311 e. The van der Waals surface area contributed by atoms with Gasteiger partial charge in [0.25, 0.3) is 0 Å². The summed E-state index contributed by atoms with van der Waals surface area (Å²) in [6.45, 7) is 8.69. The summed E-state index contributed by atoms with van der Waals surface area (Å²) in [4.78, 5) is 9.57. The van der Waals surface area contributed by atoms with Gasteiger partial charge >= 0.3 is 0 Å². The van der Waals surface area contributed by atoms with E-state index in [-0.39, 0.29) is 5.41 Å². The lowest BCUT2D eigenvalue weighted by atomic mass is 9.70. The minimum Gasteiger partial charge on any atom is -0.311 e. The molecule has 4 nitrogen and oxygen atoms in total. The molecule has 0 aliphatic heterocycles. The summed E-state index contributed by atoms with van der Waals surface area (Å²) in [5.41, 5.74) is 34.8. The summed E-state index contributed by atoms with van der Waals surface area (Å²) in [6.07, 6.45) is 16.5. The number of aryl methyl sites for hydroxylation is 2. The maximum atomic E-state index is 4.03. The maximum absolute atomic E-state index is 4.03. The van der Waals surface area contributed by atoms with E-state index >= 15 is 0 Å². The smallest absolute Gasteiger partial charge is 0.0467 e. The van der Waals surface area contributed by atoms with Crippen molar-refractivity contribution in [2.24, 2.45) is 0 Å². The number of anilines is 12. The highest BCUT2D eigenvalue weighted by molar-refractivity contribution is 5.89. The molecule has 0 aromatic heterocycles. The fraction of sp³-hybridized carbons (Fsp3) is 0.140.